The van der Waals surface area contributed by atoms with Gasteiger partial charge in [-0.2, -0.15) is 5.26 Å². The number of imide groups is 1. The molecular weight excluding hydrogens is 356 g/mol. The summed E-state index contributed by atoms with van der Waals surface area (Å²) in [7, 11) is 1.39. The topological polar surface area (TPSA) is 82.4 Å². The van der Waals surface area contributed by atoms with Crippen molar-refractivity contribution in [3.63, 3.8) is 0 Å². The number of carbonyl (C=O) groups is 2. The van der Waals surface area contributed by atoms with Gasteiger partial charge in [-0.25, -0.2) is 13.7 Å². The van der Waals surface area contributed by atoms with Crippen LogP contribution in [-0.4, -0.2) is 18.9 Å². The molecule has 1 aliphatic heterocycles. The summed E-state index contributed by atoms with van der Waals surface area (Å²) in [6.07, 6.45) is 1.02. The molecule has 0 unspecified atom stereocenters. The van der Waals surface area contributed by atoms with Crippen molar-refractivity contribution in [1.29, 1.82) is 5.26 Å². The Bertz CT molecular complexity index is 1020. The minimum Gasteiger partial charge on any atom is -0.495 e. The fraction of sp³-hybridized carbons (Fsp3) is 0.105. The number of carbonyl (C=O) groups excluding carboxylic acids is 2. The second kappa shape index (κ2) is 6.88. The molecule has 1 heterocycles. The zero-order valence-electron chi connectivity index (χ0n) is 14.3. The van der Waals surface area contributed by atoms with E-state index in [9.17, 15) is 18.4 Å². The molecule has 0 aromatic heterocycles. The highest BCUT2D eigenvalue weighted by atomic mass is 19.1. The van der Waals surface area contributed by atoms with Gasteiger partial charge in [-0.1, -0.05) is 0 Å². The van der Waals surface area contributed by atoms with Crippen molar-refractivity contribution >= 4 is 23.2 Å². The molecule has 27 heavy (non-hydrogen) atoms. The number of nitrogens with one attached hydrogen (secondary N) is 1. The molecule has 2 aromatic carbocycles. The van der Waals surface area contributed by atoms with E-state index < -0.39 is 23.4 Å². The van der Waals surface area contributed by atoms with E-state index in [1.807, 2.05) is 6.07 Å². The Labute approximate surface area is 153 Å². The van der Waals surface area contributed by atoms with E-state index in [4.69, 9.17) is 10.00 Å². The van der Waals surface area contributed by atoms with Crippen molar-refractivity contribution in [3.8, 4) is 11.8 Å². The van der Waals surface area contributed by atoms with E-state index in [-0.39, 0.29) is 28.2 Å². The fourth-order valence-corrected chi connectivity index (χ4v) is 2.60. The maximum absolute atomic E-state index is 13.7. The van der Waals surface area contributed by atoms with Gasteiger partial charge in [0, 0.05) is 17.3 Å². The molecule has 0 saturated heterocycles. The molecule has 0 saturated carbocycles. The summed E-state index contributed by atoms with van der Waals surface area (Å²) in [4.78, 5) is 25.7. The third kappa shape index (κ3) is 3.22. The number of rotatable bonds is 4. The van der Waals surface area contributed by atoms with Crippen LogP contribution in [0.2, 0.25) is 0 Å². The summed E-state index contributed by atoms with van der Waals surface area (Å²) in [6.45, 7) is 1.29. The Hall–Kier alpha value is -3.73. The van der Waals surface area contributed by atoms with Gasteiger partial charge in [0.2, 0.25) is 0 Å². The predicted octanol–water partition coefficient (Wildman–Crippen LogP) is 3.02. The Kier molecular flexibility index (Phi) is 4.60. The Morgan fingerprint density at radius 1 is 1.15 bits per heavy atom. The highest BCUT2D eigenvalue weighted by Gasteiger charge is 2.33. The van der Waals surface area contributed by atoms with E-state index in [2.05, 4.69) is 5.32 Å². The van der Waals surface area contributed by atoms with Gasteiger partial charge in [-0.15, -0.1) is 0 Å². The largest absolute Gasteiger partial charge is 0.495 e. The van der Waals surface area contributed by atoms with Crippen LogP contribution in [0.25, 0.3) is 0 Å². The van der Waals surface area contributed by atoms with Crippen LogP contribution in [0.15, 0.2) is 42.1 Å². The molecule has 0 atom stereocenters. The van der Waals surface area contributed by atoms with E-state index >= 15 is 0 Å². The van der Waals surface area contributed by atoms with Crippen molar-refractivity contribution in [2.45, 2.75) is 6.92 Å². The van der Waals surface area contributed by atoms with Crippen LogP contribution in [0.1, 0.15) is 11.1 Å². The van der Waals surface area contributed by atoms with Crippen molar-refractivity contribution in [2.24, 2.45) is 0 Å². The molecule has 0 radical (unpaired) electrons. The number of halogens is 2. The molecule has 0 fully saturated rings. The van der Waals surface area contributed by atoms with Gasteiger partial charge in [-0.05, 0) is 37.3 Å². The lowest BCUT2D eigenvalue weighted by Crippen LogP contribution is -2.32. The fourth-order valence-electron chi connectivity index (χ4n) is 2.60. The Morgan fingerprint density at radius 2 is 1.81 bits per heavy atom. The lowest BCUT2D eigenvalue weighted by atomic mass is 10.2. The van der Waals surface area contributed by atoms with Crippen LogP contribution in [0.5, 0.6) is 5.75 Å². The van der Waals surface area contributed by atoms with Crippen LogP contribution in [0.4, 0.5) is 20.2 Å². The average Bonchev–Trinajstić information content (AvgIpc) is 2.92. The van der Waals surface area contributed by atoms with Gasteiger partial charge in [0.15, 0.2) is 0 Å². The molecule has 0 bridgehead atoms. The maximum Gasteiger partial charge on any atom is 0.281 e. The first-order valence-corrected chi connectivity index (χ1v) is 7.76. The summed E-state index contributed by atoms with van der Waals surface area (Å²) in [5.41, 5.74) is 0.0397. The summed E-state index contributed by atoms with van der Waals surface area (Å²) in [5.74, 6) is -2.61. The number of hydrogen-bond acceptors (Lipinski definition) is 5. The normalized spacial score (nSPS) is 13.4. The van der Waals surface area contributed by atoms with Gasteiger partial charge in [-0.3, -0.25) is 9.59 Å². The number of amides is 2. The first-order chi connectivity index (χ1) is 12.8. The first kappa shape index (κ1) is 18.1. The second-order valence-electron chi connectivity index (χ2n) is 5.72. The molecule has 0 spiro atoms. The minimum absolute atomic E-state index is 0.00250. The van der Waals surface area contributed by atoms with Crippen LogP contribution in [0.3, 0.4) is 0 Å². The van der Waals surface area contributed by atoms with E-state index in [0.717, 1.165) is 23.1 Å². The Morgan fingerprint density at radius 3 is 2.41 bits per heavy atom. The number of ether oxygens (including phenoxy) is 1. The van der Waals surface area contributed by atoms with Crippen LogP contribution >= 0.6 is 0 Å². The molecule has 3 rings (SSSR count). The summed E-state index contributed by atoms with van der Waals surface area (Å²) >= 11 is 0. The van der Waals surface area contributed by atoms with Crippen molar-refractivity contribution in [2.75, 3.05) is 17.3 Å². The first-order valence-electron chi connectivity index (χ1n) is 7.76. The average molecular weight is 369 g/mol. The molecule has 0 aliphatic carbocycles. The number of nitrogens with zero attached hydrogens (tertiary/aromatic N) is 2. The van der Waals surface area contributed by atoms with Gasteiger partial charge in [0.05, 0.1) is 18.4 Å². The third-order valence-electron chi connectivity index (χ3n) is 4.04. The molecule has 8 heteroatoms. The molecule has 2 aromatic rings. The van der Waals surface area contributed by atoms with Gasteiger partial charge in [0.25, 0.3) is 11.8 Å². The number of methoxy groups -OCH3 is 1. The molecule has 2 amide bonds. The highest BCUT2D eigenvalue weighted by Crippen LogP contribution is 2.29. The lowest BCUT2D eigenvalue weighted by molar-refractivity contribution is -0.120. The predicted molar refractivity (Wildman–Crippen MR) is 93.0 cm³/mol. The standard InChI is InChI=1S/C19H13F2N3O3/c1-10-14(20)6-12(7-15(10)21)23-16-8-18(25)24(19(16)26)13-3-4-17(27-2)11(5-13)9-22/h3-8,23H,1-2H3. The number of hydrogen-bond donors (Lipinski definition) is 1. The molecular formula is C19H13F2N3O3. The second-order valence-corrected chi connectivity index (χ2v) is 5.72. The lowest BCUT2D eigenvalue weighted by Gasteiger charge is -2.16. The molecule has 136 valence electrons. The monoisotopic (exact) mass is 369 g/mol. The van der Waals surface area contributed by atoms with Gasteiger partial charge < -0.3 is 10.1 Å². The van der Waals surface area contributed by atoms with Crippen LogP contribution in [0, 0.1) is 29.9 Å². The van der Waals surface area contributed by atoms with Crippen molar-refractivity contribution in [1.82, 2.24) is 0 Å². The summed E-state index contributed by atoms with van der Waals surface area (Å²) in [5, 5.41) is 11.7. The summed E-state index contributed by atoms with van der Waals surface area (Å²) < 4.78 is 32.4. The maximum atomic E-state index is 13.7. The van der Waals surface area contributed by atoms with Gasteiger partial charge in [0.1, 0.15) is 29.2 Å². The Balaban J connectivity index is 1.89. The van der Waals surface area contributed by atoms with E-state index in [0.29, 0.717) is 5.75 Å². The smallest absolute Gasteiger partial charge is 0.281 e. The third-order valence-corrected chi connectivity index (χ3v) is 4.04. The van der Waals surface area contributed by atoms with Crippen LogP contribution in [-0.2, 0) is 9.59 Å². The molecule has 1 aliphatic rings. The van der Waals surface area contributed by atoms with Crippen molar-refractivity contribution < 1.29 is 23.1 Å². The minimum atomic E-state index is -0.777. The van der Waals surface area contributed by atoms with E-state index in [1.54, 1.807) is 0 Å². The zero-order chi connectivity index (χ0) is 19.7. The summed E-state index contributed by atoms with van der Waals surface area (Å²) in [6, 6.07) is 8.24. The van der Waals surface area contributed by atoms with Crippen molar-refractivity contribution in [3.05, 3.63) is 64.9 Å². The van der Waals surface area contributed by atoms with Gasteiger partial charge >= 0.3 is 0 Å². The number of benzene rings is 2. The van der Waals surface area contributed by atoms with E-state index in [1.165, 1.54) is 32.2 Å². The molecule has 1 N–H and O–H groups in total. The number of anilines is 2. The SMILES string of the molecule is COc1ccc(N2C(=O)C=C(Nc3cc(F)c(C)c(F)c3)C2=O)cc1C#N. The molecule has 6 nitrogen and oxygen atoms in total. The number of nitriles is 1. The zero-order valence-corrected chi connectivity index (χ0v) is 14.3. The quantitative estimate of drug-likeness (QED) is 0.838. The highest BCUT2D eigenvalue weighted by molar-refractivity contribution is 6.31. The van der Waals surface area contributed by atoms with Crippen LogP contribution < -0.4 is 15.0 Å².